The van der Waals surface area contributed by atoms with Crippen molar-refractivity contribution in [2.75, 3.05) is 13.1 Å². The Hall–Kier alpha value is -1.32. The largest absolute Gasteiger partial charge is 0.316 e. The molecule has 2 atom stereocenters. The van der Waals surface area contributed by atoms with E-state index in [1.807, 2.05) is 17.9 Å². The maximum atomic E-state index is 4.49. The van der Waals surface area contributed by atoms with Crippen molar-refractivity contribution in [3.63, 3.8) is 0 Å². The minimum atomic E-state index is 0. The number of hydrogen-bond donors (Lipinski definition) is 1. The normalized spacial score (nSPS) is 23.8. The Balaban J connectivity index is 0.00000110. The zero-order valence-electron chi connectivity index (χ0n) is 11.0. The molecule has 1 saturated heterocycles. The van der Waals surface area contributed by atoms with Gasteiger partial charge in [-0.25, -0.2) is 0 Å². The van der Waals surface area contributed by atoms with Crippen molar-refractivity contribution in [1.82, 2.24) is 15.1 Å². The Morgan fingerprint density at radius 2 is 1.95 bits per heavy atom. The molecule has 2 heterocycles. The third-order valence-corrected chi connectivity index (χ3v) is 4.33. The minimum absolute atomic E-state index is 0. The molecule has 4 rings (SSSR count). The molecule has 100 valence electrons. The van der Waals surface area contributed by atoms with Crippen LogP contribution in [0.15, 0.2) is 30.5 Å². The molecule has 1 fully saturated rings. The quantitative estimate of drug-likeness (QED) is 0.867. The molecule has 0 amide bonds. The molecule has 19 heavy (non-hydrogen) atoms. The number of benzene rings is 1. The van der Waals surface area contributed by atoms with Gasteiger partial charge in [0.05, 0.1) is 5.69 Å². The smallest absolute Gasteiger partial charge is 0.0923 e. The summed E-state index contributed by atoms with van der Waals surface area (Å²) in [5.74, 6) is 1.44. The molecule has 1 aromatic heterocycles. The summed E-state index contributed by atoms with van der Waals surface area (Å²) >= 11 is 0. The summed E-state index contributed by atoms with van der Waals surface area (Å²) in [4.78, 5) is 0. The fourth-order valence-corrected chi connectivity index (χ4v) is 3.44. The maximum Gasteiger partial charge on any atom is 0.0923 e. The molecule has 2 aliphatic rings. The number of rotatable bonds is 1. The first-order chi connectivity index (χ1) is 8.81. The number of halogens is 1. The molecule has 2 bridgehead atoms. The third kappa shape index (κ3) is 1.97. The van der Waals surface area contributed by atoms with Crippen LogP contribution in [0.25, 0.3) is 11.3 Å². The summed E-state index contributed by atoms with van der Waals surface area (Å²) in [5.41, 5.74) is 5.44. The summed E-state index contributed by atoms with van der Waals surface area (Å²) in [7, 11) is 1.97. The van der Waals surface area contributed by atoms with Crippen molar-refractivity contribution in [3.05, 3.63) is 41.6 Å². The second-order valence-electron chi connectivity index (χ2n) is 5.51. The highest BCUT2D eigenvalue weighted by Crippen LogP contribution is 2.44. The SMILES string of the molecule is Cl.Cn1ccc(-c2ccc3c(c2)C2CNCC3C2)n1. The molecule has 1 N–H and O–H groups in total. The monoisotopic (exact) mass is 275 g/mol. The van der Waals surface area contributed by atoms with E-state index in [1.54, 1.807) is 11.1 Å². The molecular weight excluding hydrogens is 258 g/mol. The summed E-state index contributed by atoms with van der Waals surface area (Å²) in [6.45, 7) is 2.28. The van der Waals surface area contributed by atoms with Gasteiger partial charge in [-0.05, 0) is 41.5 Å². The van der Waals surface area contributed by atoms with Crippen LogP contribution in [-0.4, -0.2) is 22.9 Å². The first kappa shape index (κ1) is 12.7. The van der Waals surface area contributed by atoms with Crippen molar-refractivity contribution in [3.8, 4) is 11.3 Å². The minimum Gasteiger partial charge on any atom is -0.316 e. The number of fused-ring (bicyclic) bond motifs is 5. The van der Waals surface area contributed by atoms with Gasteiger partial charge in [0.15, 0.2) is 0 Å². The second kappa shape index (κ2) is 4.66. The highest BCUT2D eigenvalue weighted by Gasteiger charge is 2.34. The van der Waals surface area contributed by atoms with E-state index in [9.17, 15) is 0 Å². The number of aromatic nitrogens is 2. The van der Waals surface area contributed by atoms with Gasteiger partial charge < -0.3 is 5.32 Å². The van der Waals surface area contributed by atoms with Gasteiger partial charge in [0.2, 0.25) is 0 Å². The van der Waals surface area contributed by atoms with Gasteiger partial charge >= 0.3 is 0 Å². The van der Waals surface area contributed by atoms with Crippen LogP contribution in [0.2, 0.25) is 0 Å². The molecule has 3 nitrogen and oxygen atoms in total. The van der Waals surface area contributed by atoms with Gasteiger partial charge in [0, 0.05) is 31.9 Å². The predicted molar refractivity (Wildman–Crippen MR) is 78.9 cm³/mol. The van der Waals surface area contributed by atoms with E-state index in [0.717, 1.165) is 24.7 Å². The highest BCUT2D eigenvalue weighted by molar-refractivity contribution is 5.85. The van der Waals surface area contributed by atoms with Crippen molar-refractivity contribution in [1.29, 1.82) is 0 Å². The van der Waals surface area contributed by atoms with Crippen LogP contribution in [0.1, 0.15) is 29.4 Å². The molecule has 0 radical (unpaired) electrons. The van der Waals surface area contributed by atoms with E-state index < -0.39 is 0 Å². The Morgan fingerprint density at radius 1 is 1.16 bits per heavy atom. The summed E-state index contributed by atoms with van der Waals surface area (Å²) in [5, 5.41) is 8.03. The Bertz CT molecular complexity index is 605. The molecule has 1 aliphatic heterocycles. The van der Waals surface area contributed by atoms with Gasteiger partial charge in [-0.3, -0.25) is 4.68 Å². The fourth-order valence-electron chi connectivity index (χ4n) is 3.44. The molecular formula is C15H18ClN3. The van der Waals surface area contributed by atoms with Crippen molar-refractivity contribution < 1.29 is 0 Å². The lowest BCUT2D eigenvalue weighted by Gasteiger charge is -2.19. The van der Waals surface area contributed by atoms with Crippen LogP contribution in [-0.2, 0) is 7.05 Å². The summed E-state index contributed by atoms with van der Waals surface area (Å²) in [6, 6.07) is 8.98. The number of aryl methyl sites for hydroxylation is 1. The topological polar surface area (TPSA) is 29.9 Å². The number of nitrogens with zero attached hydrogens (tertiary/aromatic N) is 2. The molecule has 1 aliphatic carbocycles. The second-order valence-corrected chi connectivity index (χ2v) is 5.51. The Labute approximate surface area is 119 Å². The van der Waals surface area contributed by atoms with E-state index in [0.29, 0.717) is 5.92 Å². The number of hydrogen-bond acceptors (Lipinski definition) is 2. The zero-order chi connectivity index (χ0) is 12.1. The molecule has 2 unspecified atom stereocenters. The van der Waals surface area contributed by atoms with Crippen LogP contribution in [0.4, 0.5) is 0 Å². The average Bonchev–Trinajstić information content (AvgIpc) is 2.93. The first-order valence-corrected chi connectivity index (χ1v) is 6.66. The van der Waals surface area contributed by atoms with Gasteiger partial charge in [-0.1, -0.05) is 12.1 Å². The van der Waals surface area contributed by atoms with E-state index in [1.165, 1.54) is 12.0 Å². The van der Waals surface area contributed by atoms with Gasteiger partial charge in [-0.15, -0.1) is 12.4 Å². The highest BCUT2D eigenvalue weighted by atomic mass is 35.5. The standard InChI is InChI=1S/C15H17N3.ClH/c1-18-5-4-15(17-18)10-2-3-13-11-6-12(9-16-8-11)14(13)7-10;/h2-5,7,11-12,16H,6,8-9H2,1H3;1H. The number of piperidine rings is 1. The van der Waals surface area contributed by atoms with Crippen LogP contribution < -0.4 is 5.32 Å². The molecule has 0 spiro atoms. The summed E-state index contributed by atoms with van der Waals surface area (Å²) < 4.78 is 1.86. The van der Waals surface area contributed by atoms with Gasteiger partial charge in [0.1, 0.15) is 0 Å². The summed E-state index contributed by atoms with van der Waals surface area (Å²) in [6.07, 6.45) is 3.33. The van der Waals surface area contributed by atoms with Crippen LogP contribution in [0.5, 0.6) is 0 Å². The lowest BCUT2D eigenvalue weighted by atomic mass is 9.97. The van der Waals surface area contributed by atoms with Gasteiger partial charge in [0.25, 0.3) is 0 Å². The maximum absolute atomic E-state index is 4.49. The lowest BCUT2D eigenvalue weighted by Crippen LogP contribution is -2.28. The molecule has 4 heteroatoms. The van der Waals surface area contributed by atoms with Crippen LogP contribution >= 0.6 is 12.4 Å². The average molecular weight is 276 g/mol. The van der Waals surface area contributed by atoms with Crippen molar-refractivity contribution in [2.24, 2.45) is 7.05 Å². The van der Waals surface area contributed by atoms with Crippen molar-refractivity contribution >= 4 is 12.4 Å². The van der Waals surface area contributed by atoms with Crippen molar-refractivity contribution in [2.45, 2.75) is 18.3 Å². The van der Waals surface area contributed by atoms with Gasteiger partial charge in [-0.2, -0.15) is 5.10 Å². The Kier molecular flexibility index (Phi) is 3.11. The van der Waals surface area contributed by atoms with E-state index in [4.69, 9.17) is 0 Å². The predicted octanol–water partition coefficient (Wildman–Crippen LogP) is 2.68. The number of nitrogens with one attached hydrogen (secondary N) is 1. The molecule has 0 saturated carbocycles. The third-order valence-electron chi connectivity index (χ3n) is 4.33. The van der Waals surface area contributed by atoms with E-state index in [-0.39, 0.29) is 12.4 Å². The fraction of sp³-hybridized carbons (Fsp3) is 0.400. The molecule has 1 aromatic carbocycles. The first-order valence-electron chi connectivity index (χ1n) is 6.66. The van der Waals surface area contributed by atoms with Crippen LogP contribution in [0.3, 0.4) is 0 Å². The Morgan fingerprint density at radius 3 is 2.68 bits per heavy atom. The van der Waals surface area contributed by atoms with Crippen LogP contribution in [0, 0.1) is 0 Å². The van der Waals surface area contributed by atoms with E-state index in [2.05, 4.69) is 34.7 Å². The van der Waals surface area contributed by atoms with E-state index >= 15 is 0 Å². The molecule has 2 aromatic rings. The lowest BCUT2D eigenvalue weighted by molar-refractivity contribution is 0.454. The zero-order valence-corrected chi connectivity index (χ0v) is 11.8.